The van der Waals surface area contributed by atoms with Crippen molar-refractivity contribution in [3.8, 4) is 0 Å². The van der Waals surface area contributed by atoms with Crippen molar-refractivity contribution < 1.29 is 0 Å². The molecule has 0 aliphatic rings. The zero-order valence-electron chi connectivity index (χ0n) is 12.5. The van der Waals surface area contributed by atoms with Crippen LogP contribution in [0.1, 0.15) is 0 Å². The van der Waals surface area contributed by atoms with Crippen molar-refractivity contribution in [2.45, 2.75) is 0 Å². The molecule has 1 heterocycles. The van der Waals surface area contributed by atoms with Crippen LogP contribution in [0.3, 0.4) is 0 Å². The predicted octanol–water partition coefficient (Wildman–Crippen LogP) is 6.37. The molecule has 1 nitrogen and oxygen atoms in total. The number of hydrogen-bond acceptors (Lipinski definition) is 2. The Balaban J connectivity index is 1.97. The van der Waals surface area contributed by atoms with E-state index in [-0.39, 0.29) is 5.43 Å². The van der Waals surface area contributed by atoms with E-state index >= 15 is 0 Å². The lowest BCUT2D eigenvalue weighted by Gasteiger charge is -2.06. The summed E-state index contributed by atoms with van der Waals surface area (Å²) in [4.78, 5) is 12.9. The molecule has 3 heteroatoms. The molecule has 24 heavy (non-hydrogen) atoms. The van der Waals surface area contributed by atoms with Crippen LogP contribution in [0.4, 0.5) is 0 Å². The average Bonchev–Trinajstić information content (AvgIpc) is 2.59. The van der Waals surface area contributed by atoms with Gasteiger partial charge in [-0.3, -0.25) is 4.79 Å². The highest BCUT2D eigenvalue weighted by Gasteiger charge is 2.08. The molecule has 0 fully saturated rings. The van der Waals surface area contributed by atoms with Gasteiger partial charge in [0.25, 0.3) is 0 Å². The molecule has 4 aromatic carbocycles. The molecule has 5 rings (SSSR count). The number of rotatable bonds is 0. The van der Waals surface area contributed by atoms with E-state index < -0.39 is 0 Å². The van der Waals surface area contributed by atoms with Crippen LogP contribution in [-0.2, 0) is 0 Å². The Morgan fingerprint density at radius 1 is 0.667 bits per heavy atom. The number of hydrogen-bond donors (Lipinski definition) is 0. The third-order valence-corrected chi connectivity index (χ3v) is 5.82. The van der Waals surface area contributed by atoms with E-state index in [2.05, 4.69) is 30.3 Å². The van der Waals surface area contributed by atoms with Crippen molar-refractivity contribution >= 4 is 64.7 Å². The lowest BCUT2D eigenvalue weighted by atomic mass is 10.0. The van der Waals surface area contributed by atoms with Crippen LogP contribution in [0.5, 0.6) is 0 Å². The van der Waals surface area contributed by atoms with Crippen molar-refractivity contribution in [2.24, 2.45) is 0 Å². The van der Waals surface area contributed by atoms with Gasteiger partial charge in [-0.25, -0.2) is 0 Å². The highest BCUT2D eigenvalue weighted by atomic mass is 35.5. The molecular weight excluding hydrogens is 336 g/mol. The normalized spacial score (nSPS) is 11.7. The maximum absolute atomic E-state index is 12.9. The van der Waals surface area contributed by atoms with Gasteiger partial charge in [0, 0.05) is 25.2 Å². The largest absolute Gasteiger partial charge is 0.289 e. The molecule has 1 aromatic heterocycles. The Hall–Kier alpha value is -2.42. The molecule has 0 saturated heterocycles. The van der Waals surface area contributed by atoms with Crippen LogP contribution in [0.2, 0.25) is 5.02 Å². The summed E-state index contributed by atoms with van der Waals surface area (Å²) in [6.07, 6.45) is 0. The molecule has 0 aliphatic carbocycles. The fourth-order valence-electron chi connectivity index (χ4n) is 3.27. The van der Waals surface area contributed by atoms with Crippen molar-refractivity contribution in [1.29, 1.82) is 0 Å². The maximum Gasteiger partial charge on any atom is 0.195 e. The molecule has 0 atom stereocenters. The van der Waals surface area contributed by atoms with Crippen LogP contribution in [0, 0.1) is 0 Å². The summed E-state index contributed by atoms with van der Waals surface area (Å²) in [5, 5.41) is 6.70. The molecule has 0 bridgehead atoms. The van der Waals surface area contributed by atoms with Gasteiger partial charge in [-0.05, 0) is 64.0 Å². The lowest BCUT2D eigenvalue weighted by molar-refractivity contribution is 1.76. The van der Waals surface area contributed by atoms with E-state index in [1.54, 1.807) is 17.4 Å². The number of halogens is 1. The fourth-order valence-corrected chi connectivity index (χ4v) is 4.52. The van der Waals surface area contributed by atoms with Crippen molar-refractivity contribution in [3.05, 3.63) is 82.0 Å². The second kappa shape index (κ2) is 5.04. The second-order valence-electron chi connectivity index (χ2n) is 5.97. The molecule has 0 unspecified atom stereocenters. The van der Waals surface area contributed by atoms with E-state index in [1.165, 1.54) is 10.8 Å². The summed E-state index contributed by atoms with van der Waals surface area (Å²) in [5.41, 5.74) is 0.0521. The molecule has 0 saturated carbocycles. The smallest absolute Gasteiger partial charge is 0.195 e. The third-order valence-electron chi connectivity index (χ3n) is 4.45. The monoisotopic (exact) mass is 346 g/mol. The quantitative estimate of drug-likeness (QED) is 0.297. The van der Waals surface area contributed by atoms with E-state index in [0.29, 0.717) is 10.4 Å². The molecule has 0 spiro atoms. The first-order valence-electron chi connectivity index (χ1n) is 7.68. The first-order chi connectivity index (χ1) is 11.7. The Morgan fingerprint density at radius 3 is 2.08 bits per heavy atom. The highest BCUT2D eigenvalue weighted by Crippen LogP contribution is 2.31. The predicted molar refractivity (Wildman–Crippen MR) is 106 cm³/mol. The first-order valence-corrected chi connectivity index (χ1v) is 8.87. The number of benzene rings is 4. The molecule has 0 N–H and O–H groups in total. The number of fused-ring (bicyclic) bond motifs is 4. The van der Waals surface area contributed by atoms with Gasteiger partial charge in [0.1, 0.15) is 0 Å². The lowest BCUT2D eigenvalue weighted by Crippen LogP contribution is -2.00. The second-order valence-corrected chi connectivity index (χ2v) is 7.49. The maximum atomic E-state index is 12.9. The van der Waals surface area contributed by atoms with Gasteiger partial charge in [0.15, 0.2) is 5.43 Å². The van der Waals surface area contributed by atoms with Crippen LogP contribution >= 0.6 is 22.9 Å². The van der Waals surface area contributed by atoms with Gasteiger partial charge in [-0.15, -0.1) is 11.3 Å². The Morgan fingerprint density at radius 2 is 1.33 bits per heavy atom. The van der Waals surface area contributed by atoms with Gasteiger partial charge in [0.05, 0.1) is 0 Å². The van der Waals surface area contributed by atoms with Crippen molar-refractivity contribution in [2.75, 3.05) is 0 Å². The van der Waals surface area contributed by atoms with Gasteiger partial charge < -0.3 is 0 Å². The minimum atomic E-state index is 0.0521. The standard InChI is InChI=1S/C21H11ClOS/c22-16-5-6-19-18(11-16)21(23)17-9-14-7-12-3-1-2-4-13(12)8-15(14)10-20(17)24-19/h1-11H. The Bertz CT molecular complexity index is 1330. The van der Waals surface area contributed by atoms with Gasteiger partial charge >= 0.3 is 0 Å². The Kier molecular flexibility index (Phi) is 2.93. The van der Waals surface area contributed by atoms with Crippen LogP contribution in [0.15, 0.2) is 71.5 Å². The SMILES string of the molecule is O=c1c2cc(Cl)ccc2sc2cc3cc4ccccc4cc3cc12. The van der Waals surface area contributed by atoms with Crippen LogP contribution in [0.25, 0.3) is 41.7 Å². The summed E-state index contributed by atoms with van der Waals surface area (Å²) < 4.78 is 1.98. The topological polar surface area (TPSA) is 17.1 Å². The van der Waals surface area contributed by atoms with Gasteiger partial charge in [-0.1, -0.05) is 35.9 Å². The summed E-state index contributed by atoms with van der Waals surface area (Å²) in [7, 11) is 0. The van der Waals surface area contributed by atoms with Crippen molar-refractivity contribution in [3.63, 3.8) is 0 Å². The average molecular weight is 347 g/mol. The Labute approximate surface area is 146 Å². The summed E-state index contributed by atoms with van der Waals surface area (Å²) in [6, 6.07) is 22.3. The molecule has 0 amide bonds. The van der Waals surface area contributed by atoms with E-state index in [1.807, 2.05) is 30.3 Å². The fraction of sp³-hybridized carbons (Fsp3) is 0. The molecule has 114 valence electrons. The minimum absolute atomic E-state index is 0.0521. The molecular formula is C21H11ClOS. The highest BCUT2D eigenvalue weighted by molar-refractivity contribution is 7.24. The van der Waals surface area contributed by atoms with Crippen molar-refractivity contribution in [1.82, 2.24) is 0 Å². The van der Waals surface area contributed by atoms with E-state index in [4.69, 9.17) is 11.6 Å². The minimum Gasteiger partial charge on any atom is -0.289 e. The van der Waals surface area contributed by atoms with Gasteiger partial charge in [-0.2, -0.15) is 0 Å². The molecule has 0 aliphatic heterocycles. The first kappa shape index (κ1) is 14.0. The third kappa shape index (κ3) is 2.04. The molecule has 5 aromatic rings. The summed E-state index contributed by atoms with van der Waals surface area (Å²) in [5.74, 6) is 0. The zero-order chi connectivity index (χ0) is 16.3. The zero-order valence-corrected chi connectivity index (χ0v) is 14.1. The van der Waals surface area contributed by atoms with E-state index in [9.17, 15) is 4.79 Å². The van der Waals surface area contributed by atoms with Crippen LogP contribution in [-0.4, -0.2) is 0 Å². The van der Waals surface area contributed by atoms with Crippen LogP contribution < -0.4 is 5.43 Å². The van der Waals surface area contributed by atoms with E-state index in [0.717, 1.165) is 25.6 Å². The molecule has 0 radical (unpaired) electrons. The van der Waals surface area contributed by atoms with Gasteiger partial charge in [0.2, 0.25) is 0 Å². The summed E-state index contributed by atoms with van der Waals surface area (Å²) >= 11 is 7.70. The summed E-state index contributed by atoms with van der Waals surface area (Å²) in [6.45, 7) is 0.